The number of nitro benzene ring substituents is 1. The molecule has 0 aromatic heterocycles. The molecule has 0 amide bonds. The third-order valence-electron chi connectivity index (χ3n) is 6.31. The van der Waals surface area contributed by atoms with Gasteiger partial charge >= 0.3 is 0 Å². The van der Waals surface area contributed by atoms with Crippen LogP contribution in [0.3, 0.4) is 0 Å². The molecule has 2 aliphatic heterocycles. The fourth-order valence-electron chi connectivity index (χ4n) is 4.63. The Hall–Kier alpha value is -2.28. The molecule has 0 saturated carbocycles. The monoisotopic (exact) mass is 394 g/mol. The number of rotatable bonds is 6. The summed E-state index contributed by atoms with van der Waals surface area (Å²) in [5, 5.41) is 11.2. The summed E-state index contributed by atoms with van der Waals surface area (Å²) in [7, 11) is 0. The summed E-state index contributed by atoms with van der Waals surface area (Å²) >= 11 is 0. The SMILES string of the molecule is O=[N+]([O-])c1ccccc1CN1CCN(C2CCN(Cc3ccccc3)CC2)CC1. The van der Waals surface area contributed by atoms with Gasteiger partial charge in [0.25, 0.3) is 5.69 Å². The summed E-state index contributed by atoms with van der Waals surface area (Å²) in [6, 6.07) is 18.5. The molecule has 6 nitrogen and oxygen atoms in total. The van der Waals surface area contributed by atoms with Crippen LogP contribution in [0.1, 0.15) is 24.0 Å². The first-order valence-corrected chi connectivity index (χ1v) is 10.6. The number of piperazine rings is 1. The molecule has 154 valence electrons. The molecule has 0 aliphatic carbocycles. The van der Waals surface area contributed by atoms with Crippen molar-refractivity contribution in [2.24, 2.45) is 0 Å². The van der Waals surface area contributed by atoms with Gasteiger partial charge in [0.15, 0.2) is 0 Å². The zero-order valence-electron chi connectivity index (χ0n) is 16.9. The van der Waals surface area contributed by atoms with E-state index >= 15 is 0 Å². The summed E-state index contributed by atoms with van der Waals surface area (Å²) in [6.07, 6.45) is 2.47. The van der Waals surface area contributed by atoms with Crippen LogP contribution in [0.4, 0.5) is 5.69 Å². The second-order valence-corrected chi connectivity index (χ2v) is 8.19. The van der Waals surface area contributed by atoms with Crippen molar-refractivity contribution in [3.05, 3.63) is 75.8 Å². The van der Waals surface area contributed by atoms with E-state index in [9.17, 15) is 10.1 Å². The fourth-order valence-corrected chi connectivity index (χ4v) is 4.63. The van der Waals surface area contributed by atoms with Crippen molar-refractivity contribution >= 4 is 5.69 Å². The van der Waals surface area contributed by atoms with E-state index in [1.54, 1.807) is 12.1 Å². The highest BCUT2D eigenvalue weighted by atomic mass is 16.6. The molecular formula is C23H30N4O2. The van der Waals surface area contributed by atoms with E-state index in [1.165, 1.54) is 18.4 Å². The van der Waals surface area contributed by atoms with E-state index < -0.39 is 0 Å². The average molecular weight is 395 g/mol. The first-order valence-electron chi connectivity index (χ1n) is 10.6. The van der Waals surface area contributed by atoms with Gasteiger partial charge in [-0.05, 0) is 31.5 Å². The minimum Gasteiger partial charge on any atom is -0.299 e. The molecule has 2 aromatic carbocycles. The van der Waals surface area contributed by atoms with Gasteiger partial charge in [0, 0.05) is 56.9 Å². The largest absolute Gasteiger partial charge is 0.299 e. The van der Waals surface area contributed by atoms with Gasteiger partial charge in [-0.2, -0.15) is 0 Å². The smallest absolute Gasteiger partial charge is 0.273 e. The van der Waals surface area contributed by atoms with E-state index in [1.807, 2.05) is 12.1 Å². The molecule has 2 aromatic rings. The van der Waals surface area contributed by atoms with E-state index in [4.69, 9.17) is 0 Å². The second-order valence-electron chi connectivity index (χ2n) is 8.19. The quantitative estimate of drug-likeness (QED) is 0.555. The highest BCUT2D eigenvalue weighted by molar-refractivity contribution is 5.39. The lowest BCUT2D eigenvalue weighted by Gasteiger charge is -2.42. The van der Waals surface area contributed by atoms with Gasteiger partial charge in [0.05, 0.1) is 4.92 Å². The summed E-state index contributed by atoms with van der Waals surface area (Å²) in [4.78, 5) is 18.5. The minimum atomic E-state index is -0.269. The molecule has 0 radical (unpaired) electrons. The molecule has 2 heterocycles. The van der Waals surface area contributed by atoms with Crippen LogP contribution >= 0.6 is 0 Å². The summed E-state index contributed by atoms with van der Waals surface area (Å²) in [5.74, 6) is 0. The lowest BCUT2D eigenvalue weighted by Crippen LogP contribution is -2.52. The van der Waals surface area contributed by atoms with Gasteiger partial charge in [-0.15, -0.1) is 0 Å². The number of nitrogens with zero attached hydrogens (tertiary/aromatic N) is 4. The van der Waals surface area contributed by atoms with Crippen molar-refractivity contribution in [2.45, 2.75) is 32.0 Å². The van der Waals surface area contributed by atoms with Crippen LogP contribution in [0, 0.1) is 10.1 Å². The Labute approximate surface area is 172 Å². The minimum absolute atomic E-state index is 0.237. The van der Waals surface area contributed by atoms with Crippen LogP contribution in [-0.4, -0.2) is 64.9 Å². The first kappa shape index (κ1) is 20.0. The molecule has 29 heavy (non-hydrogen) atoms. The van der Waals surface area contributed by atoms with Gasteiger partial charge in [0.2, 0.25) is 0 Å². The maximum atomic E-state index is 11.2. The Morgan fingerprint density at radius 3 is 2.10 bits per heavy atom. The molecule has 0 unspecified atom stereocenters. The van der Waals surface area contributed by atoms with Crippen molar-refractivity contribution in [2.75, 3.05) is 39.3 Å². The highest BCUT2D eigenvalue weighted by Crippen LogP contribution is 2.23. The number of nitro groups is 1. The van der Waals surface area contributed by atoms with E-state index in [2.05, 4.69) is 45.0 Å². The number of hydrogen-bond donors (Lipinski definition) is 0. The van der Waals surface area contributed by atoms with Crippen molar-refractivity contribution in [1.82, 2.24) is 14.7 Å². The van der Waals surface area contributed by atoms with Crippen molar-refractivity contribution in [3.8, 4) is 0 Å². The third kappa shape index (κ3) is 5.21. The molecule has 0 bridgehead atoms. The standard InChI is InChI=1S/C23H30N4O2/c28-27(29)23-9-5-4-8-21(23)19-25-14-16-26(17-15-25)22-10-12-24(13-11-22)18-20-6-2-1-3-7-20/h1-9,22H,10-19H2. The molecule has 2 fully saturated rings. The van der Waals surface area contributed by atoms with Gasteiger partial charge in [-0.25, -0.2) is 0 Å². The Morgan fingerprint density at radius 2 is 1.41 bits per heavy atom. The molecule has 0 N–H and O–H groups in total. The maximum absolute atomic E-state index is 11.2. The Balaban J connectivity index is 1.23. The van der Waals surface area contributed by atoms with E-state index in [-0.39, 0.29) is 10.6 Å². The molecule has 0 atom stereocenters. The molecular weight excluding hydrogens is 364 g/mol. The van der Waals surface area contributed by atoms with Gasteiger partial charge in [-0.3, -0.25) is 24.8 Å². The van der Waals surface area contributed by atoms with Gasteiger partial charge in [0.1, 0.15) is 0 Å². The highest BCUT2D eigenvalue weighted by Gasteiger charge is 2.28. The van der Waals surface area contributed by atoms with Crippen LogP contribution in [0.2, 0.25) is 0 Å². The number of piperidine rings is 1. The second kappa shape index (κ2) is 9.48. The van der Waals surface area contributed by atoms with Gasteiger partial charge in [-0.1, -0.05) is 48.5 Å². The normalized spacial score (nSPS) is 20.0. The predicted octanol–water partition coefficient (Wildman–Crippen LogP) is 3.38. The number of benzene rings is 2. The van der Waals surface area contributed by atoms with Crippen LogP contribution < -0.4 is 0 Å². The Kier molecular flexibility index (Phi) is 6.54. The van der Waals surface area contributed by atoms with Crippen LogP contribution in [-0.2, 0) is 13.1 Å². The molecule has 0 spiro atoms. The summed E-state index contributed by atoms with van der Waals surface area (Å²) in [6.45, 7) is 8.13. The summed E-state index contributed by atoms with van der Waals surface area (Å²) < 4.78 is 0. The van der Waals surface area contributed by atoms with E-state index in [0.29, 0.717) is 12.6 Å². The first-order chi connectivity index (χ1) is 14.2. The maximum Gasteiger partial charge on any atom is 0.273 e. The number of hydrogen-bond acceptors (Lipinski definition) is 5. The fraction of sp³-hybridized carbons (Fsp3) is 0.478. The van der Waals surface area contributed by atoms with Crippen molar-refractivity contribution in [3.63, 3.8) is 0 Å². The average Bonchev–Trinajstić information content (AvgIpc) is 2.76. The predicted molar refractivity (Wildman–Crippen MR) is 115 cm³/mol. The number of likely N-dealkylation sites (tertiary alicyclic amines) is 1. The zero-order valence-corrected chi connectivity index (χ0v) is 16.9. The summed E-state index contributed by atoms with van der Waals surface area (Å²) in [5.41, 5.74) is 2.45. The number of para-hydroxylation sites is 1. The van der Waals surface area contributed by atoms with Crippen LogP contribution in [0.25, 0.3) is 0 Å². The third-order valence-corrected chi connectivity index (χ3v) is 6.31. The zero-order chi connectivity index (χ0) is 20.1. The van der Waals surface area contributed by atoms with Crippen LogP contribution in [0.15, 0.2) is 54.6 Å². The lowest BCUT2D eigenvalue weighted by molar-refractivity contribution is -0.385. The molecule has 4 rings (SSSR count). The van der Waals surface area contributed by atoms with E-state index in [0.717, 1.165) is 51.4 Å². The molecule has 2 saturated heterocycles. The van der Waals surface area contributed by atoms with Crippen molar-refractivity contribution in [1.29, 1.82) is 0 Å². The molecule has 2 aliphatic rings. The lowest BCUT2D eigenvalue weighted by atomic mass is 10.0. The Bertz CT molecular complexity index is 798. The molecule has 6 heteroatoms. The van der Waals surface area contributed by atoms with Crippen molar-refractivity contribution < 1.29 is 4.92 Å². The van der Waals surface area contributed by atoms with Crippen LogP contribution in [0.5, 0.6) is 0 Å². The topological polar surface area (TPSA) is 52.9 Å². The Morgan fingerprint density at radius 1 is 0.793 bits per heavy atom. The van der Waals surface area contributed by atoms with Gasteiger partial charge < -0.3 is 0 Å².